The second-order valence-electron chi connectivity index (χ2n) is 5.58. The van der Waals surface area contributed by atoms with E-state index < -0.39 is 0 Å². The summed E-state index contributed by atoms with van der Waals surface area (Å²) in [4.78, 5) is 15.9. The number of halogens is 2. The van der Waals surface area contributed by atoms with Crippen LogP contribution in [-0.4, -0.2) is 24.5 Å². The largest absolute Gasteiger partial charge is 0.491 e. The molecule has 0 atom stereocenters. The fourth-order valence-electron chi connectivity index (χ4n) is 2.00. The molecule has 0 spiro atoms. The van der Waals surface area contributed by atoms with Crippen molar-refractivity contribution in [1.82, 2.24) is 0 Å². The van der Waals surface area contributed by atoms with Crippen LogP contribution >= 0.6 is 39.9 Å². The number of carbonyl (C=O) groups is 1. The molecule has 0 aliphatic heterocycles. The lowest BCUT2D eigenvalue weighted by molar-refractivity contribution is -0.114. The van der Waals surface area contributed by atoms with Crippen LogP contribution in [0, 0.1) is 0 Å². The molecule has 140 valence electrons. The lowest BCUT2D eigenvalue weighted by atomic mass is 10.3. The number of carbonyl (C=O) groups excluding carboxylic acids is 1. The predicted octanol–water partition coefficient (Wildman–Crippen LogP) is 4.22. The van der Waals surface area contributed by atoms with Gasteiger partial charge in [0.15, 0.2) is 5.96 Å². The molecule has 8 heteroatoms. The van der Waals surface area contributed by atoms with Crippen molar-refractivity contribution >= 4 is 63.1 Å². The van der Waals surface area contributed by atoms with Gasteiger partial charge in [-0.3, -0.25) is 4.79 Å². The quantitative estimate of drug-likeness (QED) is 0.295. The molecule has 4 N–H and O–H groups in total. The highest BCUT2D eigenvalue weighted by molar-refractivity contribution is 14.0. The molecule has 6 nitrogen and oxygen atoms in total. The van der Waals surface area contributed by atoms with E-state index in [1.807, 2.05) is 56.3 Å². The van der Waals surface area contributed by atoms with Crippen molar-refractivity contribution in [3.8, 4) is 5.75 Å². The van der Waals surface area contributed by atoms with Gasteiger partial charge in [-0.1, -0.05) is 22.0 Å². The maximum atomic E-state index is 11.9. The number of hydrogen-bond acceptors (Lipinski definition) is 3. The molecular formula is C18H22BrIN4O2. The molecule has 0 aliphatic rings. The van der Waals surface area contributed by atoms with Gasteiger partial charge in [-0.05, 0) is 56.3 Å². The minimum atomic E-state index is -0.247. The summed E-state index contributed by atoms with van der Waals surface area (Å²) >= 11 is 3.35. The van der Waals surface area contributed by atoms with Crippen LogP contribution in [0.1, 0.15) is 13.8 Å². The van der Waals surface area contributed by atoms with Gasteiger partial charge in [0.25, 0.3) is 0 Å². The van der Waals surface area contributed by atoms with Crippen LogP contribution in [0.5, 0.6) is 5.75 Å². The van der Waals surface area contributed by atoms with Crippen molar-refractivity contribution in [3.05, 3.63) is 53.0 Å². The van der Waals surface area contributed by atoms with Gasteiger partial charge in [0.05, 0.1) is 6.10 Å². The molecular weight excluding hydrogens is 511 g/mol. The van der Waals surface area contributed by atoms with E-state index in [0.29, 0.717) is 5.69 Å². The monoisotopic (exact) mass is 532 g/mol. The van der Waals surface area contributed by atoms with E-state index in [1.54, 1.807) is 6.07 Å². The number of nitrogens with two attached hydrogens (primary N) is 1. The Hall–Kier alpha value is -1.81. The van der Waals surface area contributed by atoms with Crippen LogP contribution in [-0.2, 0) is 4.79 Å². The third kappa shape index (κ3) is 8.05. The van der Waals surface area contributed by atoms with Gasteiger partial charge in [-0.15, -0.1) is 24.0 Å². The first-order chi connectivity index (χ1) is 11.9. The number of guanidine groups is 1. The first kappa shape index (κ1) is 22.2. The smallest absolute Gasteiger partial charge is 0.246 e. The Kier molecular flexibility index (Phi) is 9.42. The fraction of sp³-hybridized carbons (Fsp3) is 0.222. The Morgan fingerprint density at radius 3 is 2.46 bits per heavy atom. The minimum absolute atomic E-state index is 0. The van der Waals surface area contributed by atoms with E-state index in [2.05, 4.69) is 31.6 Å². The molecule has 1 amide bonds. The highest BCUT2D eigenvalue weighted by Crippen LogP contribution is 2.17. The summed E-state index contributed by atoms with van der Waals surface area (Å²) in [6, 6.07) is 14.7. The van der Waals surface area contributed by atoms with Crippen LogP contribution in [0.3, 0.4) is 0 Å². The number of rotatable bonds is 6. The number of amides is 1. The van der Waals surface area contributed by atoms with Gasteiger partial charge in [0.2, 0.25) is 5.91 Å². The summed E-state index contributed by atoms with van der Waals surface area (Å²) in [6.07, 6.45) is 0.120. The van der Waals surface area contributed by atoms with E-state index in [0.717, 1.165) is 15.9 Å². The van der Waals surface area contributed by atoms with E-state index in [-0.39, 0.29) is 48.5 Å². The number of aliphatic imine (C=N–C) groups is 1. The Morgan fingerprint density at radius 1 is 1.15 bits per heavy atom. The Balaban J connectivity index is 0.00000338. The zero-order chi connectivity index (χ0) is 18.2. The lowest BCUT2D eigenvalue weighted by Gasteiger charge is -2.11. The van der Waals surface area contributed by atoms with Gasteiger partial charge < -0.3 is 21.1 Å². The summed E-state index contributed by atoms with van der Waals surface area (Å²) in [6.45, 7) is 3.87. The predicted molar refractivity (Wildman–Crippen MR) is 121 cm³/mol. The third-order valence-corrected chi connectivity index (χ3v) is 3.49. The third-order valence-electron chi connectivity index (χ3n) is 3.00. The highest BCUT2D eigenvalue weighted by atomic mass is 127. The summed E-state index contributed by atoms with van der Waals surface area (Å²) < 4.78 is 6.46. The Morgan fingerprint density at radius 2 is 1.85 bits per heavy atom. The first-order valence-corrected chi connectivity index (χ1v) is 8.61. The van der Waals surface area contributed by atoms with Crippen LogP contribution in [0.4, 0.5) is 11.4 Å². The molecule has 2 rings (SSSR count). The van der Waals surface area contributed by atoms with Crippen molar-refractivity contribution in [2.75, 3.05) is 17.2 Å². The fourth-order valence-corrected chi connectivity index (χ4v) is 2.40. The molecule has 26 heavy (non-hydrogen) atoms. The molecule has 0 saturated carbocycles. The molecule has 0 radical (unpaired) electrons. The van der Waals surface area contributed by atoms with Crippen LogP contribution in [0.15, 0.2) is 58.0 Å². The zero-order valence-electron chi connectivity index (χ0n) is 14.5. The van der Waals surface area contributed by atoms with Crippen LogP contribution < -0.4 is 21.1 Å². The van der Waals surface area contributed by atoms with Gasteiger partial charge in [-0.2, -0.15) is 0 Å². The Bertz CT molecular complexity index is 751. The van der Waals surface area contributed by atoms with Crippen molar-refractivity contribution < 1.29 is 9.53 Å². The molecule has 0 aliphatic carbocycles. The summed E-state index contributed by atoms with van der Waals surface area (Å²) in [5.74, 6) is 0.704. The SMILES string of the molecule is CC(C)Oc1ccc(NC(N)=NCC(=O)Nc2cccc(Br)c2)cc1.I. The molecule has 0 heterocycles. The van der Waals surface area contributed by atoms with Crippen molar-refractivity contribution in [1.29, 1.82) is 0 Å². The second-order valence-corrected chi connectivity index (χ2v) is 6.49. The van der Waals surface area contributed by atoms with Gasteiger partial charge in [0.1, 0.15) is 12.3 Å². The second kappa shape index (κ2) is 11.0. The van der Waals surface area contributed by atoms with Gasteiger partial charge in [0, 0.05) is 15.8 Å². The molecule has 2 aromatic carbocycles. The summed E-state index contributed by atoms with van der Waals surface area (Å²) in [5.41, 5.74) is 7.27. The molecule has 2 aromatic rings. The molecule has 0 bridgehead atoms. The van der Waals surface area contributed by atoms with E-state index in [9.17, 15) is 4.79 Å². The van der Waals surface area contributed by atoms with Crippen molar-refractivity contribution in [2.24, 2.45) is 10.7 Å². The number of benzene rings is 2. The van der Waals surface area contributed by atoms with Crippen LogP contribution in [0.2, 0.25) is 0 Å². The number of nitrogens with zero attached hydrogens (tertiary/aromatic N) is 1. The number of anilines is 2. The minimum Gasteiger partial charge on any atom is -0.491 e. The molecule has 0 unspecified atom stereocenters. The molecule has 0 aromatic heterocycles. The normalized spacial score (nSPS) is 10.8. The van der Waals surface area contributed by atoms with Crippen LogP contribution in [0.25, 0.3) is 0 Å². The van der Waals surface area contributed by atoms with Gasteiger partial charge >= 0.3 is 0 Å². The number of ether oxygens (including phenoxy) is 1. The highest BCUT2D eigenvalue weighted by Gasteiger charge is 2.03. The van der Waals surface area contributed by atoms with E-state index >= 15 is 0 Å². The average molecular weight is 533 g/mol. The first-order valence-electron chi connectivity index (χ1n) is 7.81. The summed E-state index contributed by atoms with van der Waals surface area (Å²) in [7, 11) is 0. The maximum Gasteiger partial charge on any atom is 0.246 e. The zero-order valence-corrected chi connectivity index (χ0v) is 18.4. The Labute approximate surface area is 178 Å². The maximum absolute atomic E-state index is 11.9. The molecule has 0 fully saturated rings. The van der Waals surface area contributed by atoms with E-state index in [1.165, 1.54) is 0 Å². The van der Waals surface area contributed by atoms with Crippen molar-refractivity contribution in [3.63, 3.8) is 0 Å². The van der Waals surface area contributed by atoms with Crippen molar-refractivity contribution in [2.45, 2.75) is 20.0 Å². The topological polar surface area (TPSA) is 88.7 Å². The average Bonchev–Trinajstić information content (AvgIpc) is 2.54. The number of nitrogens with one attached hydrogen (secondary N) is 2. The lowest BCUT2D eigenvalue weighted by Crippen LogP contribution is -2.25. The number of hydrogen-bond donors (Lipinski definition) is 3. The summed E-state index contributed by atoms with van der Waals surface area (Å²) in [5, 5.41) is 5.69. The standard InChI is InChI=1S/C18H21BrN4O2.HI/c1-12(2)25-16-8-6-14(7-9-16)23-18(20)21-11-17(24)22-15-5-3-4-13(19)10-15;/h3-10,12H,11H2,1-2H3,(H,22,24)(H3,20,21,23);1H. The van der Waals surface area contributed by atoms with E-state index in [4.69, 9.17) is 10.5 Å². The molecule has 0 saturated heterocycles. The van der Waals surface area contributed by atoms with Gasteiger partial charge in [-0.25, -0.2) is 4.99 Å².